The number of aromatic nitrogens is 3. The summed E-state index contributed by atoms with van der Waals surface area (Å²) in [7, 11) is 2.84. The summed E-state index contributed by atoms with van der Waals surface area (Å²) in [5.41, 5.74) is 0.0138. The Balaban J connectivity index is 2.16. The van der Waals surface area contributed by atoms with Crippen molar-refractivity contribution in [2.45, 2.75) is 13.3 Å². The van der Waals surface area contributed by atoms with Crippen LogP contribution in [-0.4, -0.2) is 24.9 Å². The molecule has 0 radical (unpaired) electrons. The number of benzene rings is 1. The van der Waals surface area contributed by atoms with Gasteiger partial charge in [0, 0.05) is 38.0 Å². The Morgan fingerprint density at radius 1 is 1.18 bits per heavy atom. The fraction of sp³-hybridized carbons (Fsp3) is 0.222. The molecule has 144 valence electrons. The Labute approximate surface area is 158 Å². The highest BCUT2D eigenvalue weighted by molar-refractivity contribution is 6.09. The van der Waals surface area contributed by atoms with Gasteiger partial charge in [-0.1, -0.05) is 6.92 Å². The summed E-state index contributed by atoms with van der Waals surface area (Å²) in [6.07, 6.45) is 2.00. The van der Waals surface area contributed by atoms with E-state index in [4.69, 9.17) is 0 Å². The summed E-state index contributed by atoms with van der Waals surface area (Å²) in [5.74, 6) is -0.534. The van der Waals surface area contributed by atoms with Crippen molar-refractivity contribution < 1.29 is 9.72 Å². The first kappa shape index (κ1) is 19.0. The normalized spacial score (nSPS) is 10.8. The maximum absolute atomic E-state index is 12.7. The number of amides is 1. The maximum Gasteiger partial charge on any atom is 0.332 e. The first-order valence-electron chi connectivity index (χ1n) is 8.39. The van der Waals surface area contributed by atoms with Crippen LogP contribution in [0.1, 0.15) is 22.8 Å². The molecule has 0 aliphatic carbocycles. The minimum absolute atomic E-state index is 0.124. The van der Waals surface area contributed by atoms with E-state index in [0.29, 0.717) is 12.0 Å². The quantitative estimate of drug-likeness (QED) is 0.535. The predicted octanol–water partition coefficient (Wildman–Crippen LogP) is 1.36. The number of nitro benzene ring substituents is 1. The molecule has 0 aliphatic heterocycles. The lowest BCUT2D eigenvalue weighted by Gasteiger charge is -2.14. The van der Waals surface area contributed by atoms with Gasteiger partial charge in [0.15, 0.2) is 5.65 Å². The summed E-state index contributed by atoms with van der Waals surface area (Å²) in [6.45, 7) is 1.84. The number of hydrogen-bond acceptors (Lipinski definition) is 6. The van der Waals surface area contributed by atoms with Gasteiger partial charge in [0.25, 0.3) is 17.2 Å². The molecular weight excluding hydrogens is 366 g/mol. The van der Waals surface area contributed by atoms with E-state index in [1.165, 1.54) is 49.1 Å². The van der Waals surface area contributed by atoms with Crippen LogP contribution in [0.2, 0.25) is 0 Å². The fourth-order valence-corrected chi connectivity index (χ4v) is 2.90. The lowest BCUT2D eigenvalue weighted by molar-refractivity contribution is -0.384. The molecule has 0 unspecified atom stereocenters. The summed E-state index contributed by atoms with van der Waals surface area (Å²) < 4.78 is 2.18. The number of fused-ring (bicyclic) bond motifs is 1. The van der Waals surface area contributed by atoms with E-state index in [1.54, 1.807) is 0 Å². The molecule has 0 atom stereocenters. The van der Waals surface area contributed by atoms with E-state index in [1.807, 2.05) is 6.92 Å². The van der Waals surface area contributed by atoms with Crippen molar-refractivity contribution in [1.29, 1.82) is 0 Å². The molecule has 0 saturated heterocycles. The van der Waals surface area contributed by atoms with Crippen LogP contribution in [0.5, 0.6) is 0 Å². The van der Waals surface area contributed by atoms with Crippen LogP contribution in [-0.2, 0) is 20.5 Å². The van der Waals surface area contributed by atoms with Crippen molar-refractivity contribution in [1.82, 2.24) is 14.1 Å². The van der Waals surface area contributed by atoms with Gasteiger partial charge in [-0.25, -0.2) is 9.78 Å². The molecule has 3 aromatic rings. The molecule has 10 nitrogen and oxygen atoms in total. The van der Waals surface area contributed by atoms with Gasteiger partial charge in [-0.2, -0.15) is 0 Å². The topological polar surface area (TPSA) is 129 Å². The summed E-state index contributed by atoms with van der Waals surface area (Å²) in [4.78, 5) is 51.9. The van der Waals surface area contributed by atoms with Crippen LogP contribution in [0.3, 0.4) is 0 Å². The molecule has 0 fully saturated rings. The number of carbonyl (C=O) groups is 1. The molecular formula is C18H17N5O5. The smallest absolute Gasteiger partial charge is 0.321 e. The van der Waals surface area contributed by atoms with Crippen LogP contribution in [0.15, 0.2) is 40.1 Å². The molecule has 28 heavy (non-hydrogen) atoms. The zero-order chi connectivity index (χ0) is 20.6. The number of pyridine rings is 1. The number of carbonyl (C=O) groups excluding carboxylic acids is 1. The number of aryl methyl sites for hydroxylation is 2. The molecule has 1 amide bonds. The van der Waals surface area contributed by atoms with Crippen molar-refractivity contribution in [2.24, 2.45) is 14.1 Å². The molecule has 2 heterocycles. The lowest BCUT2D eigenvalue weighted by Crippen LogP contribution is -2.38. The van der Waals surface area contributed by atoms with Crippen LogP contribution in [0.25, 0.3) is 11.0 Å². The standard InChI is InChI=1S/C18H17N5O5/c1-4-10-9-19-15-13(17(25)22(3)18(26)21(15)2)14(10)20-16(24)11-5-7-12(8-6-11)23(27)28/h5-9H,4H2,1-3H3,(H,19,20,24). The minimum atomic E-state index is -0.570. The molecule has 3 rings (SSSR count). The van der Waals surface area contributed by atoms with Gasteiger partial charge >= 0.3 is 5.69 Å². The minimum Gasteiger partial charge on any atom is -0.321 e. The van der Waals surface area contributed by atoms with Crippen LogP contribution >= 0.6 is 0 Å². The third kappa shape index (κ3) is 3.04. The number of nitrogens with zero attached hydrogens (tertiary/aromatic N) is 4. The van der Waals surface area contributed by atoms with Gasteiger partial charge in [0.1, 0.15) is 5.39 Å². The van der Waals surface area contributed by atoms with Gasteiger partial charge < -0.3 is 5.32 Å². The van der Waals surface area contributed by atoms with Crippen molar-refractivity contribution >= 4 is 28.3 Å². The van der Waals surface area contributed by atoms with Crippen LogP contribution < -0.4 is 16.6 Å². The molecule has 0 saturated carbocycles. The average Bonchev–Trinajstić information content (AvgIpc) is 2.70. The highest BCUT2D eigenvalue weighted by Gasteiger charge is 2.19. The molecule has 0 bridgehead atoms. The summed E-state index contributed by atoms with van der Waals surface area (Å²) in [5, 5.41) is 13.6. The third-order valence-corrected chi connectivity index (χ3v) is 4.51. The van der Waals surface area contributed by atoms with Crippen molar-refractivity contribution in [3.05, 3.63) is 72.5 Å². The Morgan fingerprint density at radius 3 is 2.39 bits per heavy atom. The number of rotatable bonds is 4. The number of hydrogen-bond donors (Lipinski definition) is 1. The molecule has 1 aromatic carbocycles. The zero-order valence-electron chi connectivity index (χ0n) is 15.4. The van der Waals surface area contributed by atoms with Crippen molar-refractivity contribution in [3.63, 3.8) is 0 Å². The van der Waals surface area contributed by atoms with Crippen LogP contribution in [0, 0.1) is 10.1 Å². The van der Waals surface area contributed by atoms with E-state index in [2.05, 4.69) is 10.3 Å². The third-order valence-electron chi connectivity index (χ3n) is 4.51. The molecule has 1 N–H and O–H groups in total. The highest BCUT2D eigenvalue weighted by atomic mass is 16.6. The van der Waals surface area contributed by atoms with E-state index in [0.717, 1.165) is 4.57 Å². The number of nitro groups is 1. The Bertz CT molecular complexity index is 1220. The van der Waals surface area contributed by atoms with Gasteiger partial charge in [0.05, 0.1) is 10.6 Å². The Hall–Kier alpha value is -3.82. The van der Waals surface area contributed by atoms with Crippen molar-refractivity contribution in [2.75, 3.05) is 5.32 Å². The first-order chi connectivity index (χ1) is 13.3. The van der Waals surface area contributed by atoms with E-state index >= 15 is 0 Å². The predicted molar refractivity (Wildman–Crippen MR) is 103 cm³/mol. The van der Waals surface area contributed by atoms with Gasteiger partial charge in [-0.3, -0.25) is 28.8 Å². The average molecular weight is 383 g/mol. The highest BCUT2D eigenvalue weighted by Crippen LogP contribution is 2.24. The second kappa shape index (κ2) is 7.06. The fourth-order valence-electron chi connectivity index (χ4n) is 2.90. The maximum atomic E-state index is 12.7. The number of anilines is 1. The number of nitrogens with one attached hydrogen (secondary N) is 1. The van der Waals surface area contributed by atoms with Crippen molar-refractivity contribution in [3.8, 4) is 0 Å². The lowest BCUT2D eigenvalue weighted by atomic mass is 10.1. The van der Waals surface area contributed by atoms with Gasteiger partial charge in [0.2, 0.25) is 0 Å². The van der Waals surface area contributed by atoms with E-state index in [9.17, 15) is 24.5 Å². The Morgan fingerprint density at radius 2 is 1.82 bits per heavy atom. The van der Waals surface area contributed by atoms with Crippen LogP contribution in [0.4, 0.5) is 11.4 Å². The summed E-state index contributed by atoms with van der Waals surface area (Å²) >= 11 is 0. The van der Waals surface area contributed by atoms with Gasteiger partial charge in [-0.15, -0.1) is 0 Å². The van der Waals surface area contributed by atoms with Gasteiger partial charge in [-0.05, 0) is 24.1 Å². The Kier molecular flexibility index (Phi) is 4.78. The second-order valence-corrected chi connectivity index (χ2v) is 6.17. The first-order valence-corrected chi connectivity index (χ1v) is 8.39. The molecule has 2 aromatic heterocycles. The molecule has 0 aliphatic rings. The second-order valence-electron chi connectivity index (χ2n) is 6.17. The van der Waals surface area contributed by atoms with E-state index in [-0.39, 0.29) is 28.0 Å². The molecule has 0 spiro atoms. The SMILES string of the molecule is CCc1cnc2c(c1NC(=O)c1ccc([N+](=O)[O-])cc1)c(=O)n(C)c(=O)n2C. The monoisotopic (exact) mass is 383 g/mol. The van der Waals surface area contributed by atoms with E-state index < -0.39 is 22.1 Å². The number of non-ortho nitro benzene ring substituents is 1. The largest absolute Gasteiger partial charge is 0.332 e. The zero-order valence-corrected chi connectivity index (χ0v) is 15.4. The molecule has 10 heteroatoms. The summed E-state index contributed by atoms with van der Waals surface area (Å²) in [6, 6.07) is 5.11.